The number of hydrogen-bond acceptors (Lipinski definition) is 46. The van der Waals surface area contributed by atoms with Crippen LogP contribution >= 0.6 is 0 Å². The van der Waals surface area contributed by atoms with Gasteiger partial charge in [0, 0.05) is 13.8 Å². The monoisotopic (exact) mass is 1560 g/mol. The van der Waals surface area contributed by atoms with Crippen LogP contribution in [-0.4, -0.2) is 485 Å². The van der Waals surface area contributed by atoms with E-state index in [-0.39, 0.29) is 0 Å². The molecule has 0 aliphatic carbocycles. The highest BCUT2D eigenvalue weighted by Crippen LogP contribution is 2.39. The summed E-state index contributed by atoms with van der Waals surface area (Å²) in [7, 11) is 0. The third-order valence-corrected chi connectivity index (χ3v) is 19.5. The summed E-state index contributed by atoms with van der Waals surface area (Å²) >= 11 is 0. The summed E-state index contributed by atoms with van der Waals surface area (Å²) in [6.45, 7) is -7.51. The van der Waals surface area contributed by atoms with E-state index in [9.17, 15) is 147 Å². The minimum Gasteiger partial charge on any atom is -0.394 e. The average molecular weight is 1560 g/mol. The molecular weight excluding hydrogens is 1460 g/mol. The van der Waals surface area contributed by atoms with Crippen molar-refractivity contribution in [3.63, 3.8) is 0 Å². The molecule has 29 N–H and O–H groups in total. The Morgan fingerprint density at radius 2 is 0.509 bits per heavy atom. The Kier molecular flexibility index (Phi) is 31.1. The highest BCUT2D eigenvalue weighted by molar-refractivity contribution is 5.73. The molecule has 9 heterocycles. The summed E-state index contributed by atoms with van der Waals surface area (Å²) in [5, 5.41) is 301. The molecule has 9 rings (SSSR count). The minimum absolute atomic E-state index is 0.789. The van der Waals surface area contributed by atoms with Gasteiger partial charge in [-0.1, -0.05) is 0 Å². The van der Waals surface area contributed by atoms with Gasteiger partial charge in [0.2, 0.25) is 11.8 Å². The van der Waals surface area contributed by atoms with Crippen LogP contribution < -0.4 is 10.6 Å². The lowest BCUT2D eigenvalue weighted by Crippen LogP contribution is -2.70. The molecule has 0 aromatic rings. The zero-order valence-corrected chi connectivity index (χ0v) is 56.2. The second kappa shape index (κ2) is 37.9. The molecule has 616 valence electrons. The van der Waals surface area contributed by atoms with Crippen molar-refractivity contribution in [3.8, 4) is 0 Å². The third-order valence-electron chi connectivity index (χ3n) is 19.5. The van der Waals surface area contributed by atoms with Gasteiger partial charge in [-0.2, -0.15) is 0 Å². The van der Waals surface area contributed by atoms with Gasteiger partial charge < -0.3 is 229 Å². The number of amides is 2. The van der Waals surface area contributed by atoms with Crippen LogP contribution in [0.25, 0.3) is 0 Å². The maximum absolute atomic E-state index is 13.0. The van der Waals surface area contributed by atoms with Crippen molar-refractivity contribution in [3.05, 3.63) is 0 Å². The van der Waals surface area contributed by atoms with Crippen molar-refractivity contribution in [1.29, 1.82) is 0 Å². The first-order valence-electron chi connectivity index (χ1n) is 33.7. The number of ether oxygens (including phenoxy) is 17. The van der Waals surface area contributed by atoms with E-state index < -0.39 is 348 Å². The summed E-state index contributed by atoms with van der Waals surface area (Å²) in [4.78, 5) is 25.1. The number of aliphatic hydroxyl groups is 27. The molecule has 9 saturated heterocycles. The fourth-order valence-corrected chi connectivity index (χ4v) is 13.4. The molecule has 0 radical (unpaired) electrons. The van der Waals surface area contributed by atoms with Crippen molar-refractivity contribution >= 4 is 11.8 Å². The maximum Gasteiger partial charge on any atom is 0.217 e. The Bertz CT molecular complexity index is 2710. The Hall–Kier alpha value is -2.82. The van der Waals surface area contributed by atoms with E-state index in [4.69, 9.17) is 80.5 Å². The van der Waals surface area contributed by atoms with Gasteiger partial charge >= 0.3 is 0 Å². The number of rotatable bonds is 27. The topological polar surface area (TPSA) is 761 Å². The molecule has 0 spiro atoms. The minimum atomic E-state index is -2.60. The zero-order valence-electron chi connectivity index (χ0n) is 56.2. The molecule has 0 aromatic heterocycles. The number of nitrogens with one attached hydrogen (secondary N) is 2. The molecule has 0 unspecified atom stereocenters. The zero-order chi connectivity index (χ0) is 77.9. The quantitative estimate of drug-likeness (QED) is 0.0363. The predicted molar refractivity (Wildman–Crippen MR) is 320 cm³/mol. The summed E-state index contributed by atoms with van der Waals surface area (Å²) < 4.78 is 98.6. The van der Waals surface area contributed by atoms with Crippen LogP contribution in [0.5, 0.6) is 0 Å². The standard InChI is InChI=1S/C58H98N2O46/c1-12(67)59-23-32(76)45(18(7-65)93-50(23)89)102-51-24(60-13(2)68)33(77)46(19(8-66)98-51)103-57-44(88)48(105-58-49(106-56-42(86)37(81)28(72)17(6-64)97-56)38(82)29(73)20(101-58)9-90-52-39(83)34(78)25(69)14(3-61)94-52)31(75)22(100-57)11-92-54-43(87)47(104-55-41(85)36(80)27(71)16(5-63)96-55)30(74)21(99-54)10-91-53-40(84)35(79)26(70)15(4-62)95-53/h14-58,61-66,69-89H,3-11H2,1-2H3,(H,59,67)(H,60,68)/t14-,15-,16-,17-,18-,19-,20-,21-,22-,23-,24-,25-,26-,27-,28-,29-,30-,31-,32-,33-,34+,35+,36+,37+,38+,39+,40+,41+,42+,43+,44+,45-,46-,47+,48+,49+,50-,51+,52+,53+,54+,55-,56-,57+,58-/m1/s1. The first kappa shape index (κ1) is 87.2. The van der Waals surface area contributed by atoms with Crippen LogP contribution in [0.15, 0.2) is 0 Å². The SMILES string of the molecule is CC(=O)N[C@@H]1[C@@H](O)[C@H](O[C@@H]2O[C@H](CO)[C@@H](O[C@@H]3O[C@H](CO[C@H]4O[C@H](CO[C@H]5O[C@H](CO)[C@@H](O)[C@H](O)[C@@H]5O)[C@@H](O)[C@H](O[C@H]5O[C@H](CO)[C@@H](O)[C@H](O)[C@@H]5O)[C@@H]4O)[C@@H](O)[C@H](O[C@H]4O[C@H](CO[C@H]5O[C@H](CO)[C@@H](O)[C@H](O)[C@@H]5O)[C@@H](O)[C@H](O)[C@@H]4O[C@H]4O[C@H](CO)[C@@H](O)[C@H](O)[C@@H]4O)[C@@H]3O)[C@H](O)[C@H]2NC(C)=O)[C@@H](CO)O[C@H]1O. The van der Waals surface area contributed by atoms with E-state index in [1.165, 1.54) is 0 Å². The molecule has 0 aromatic carbocycles. The summed E-state index contributed by atoms with van der Waals surface area (Å²) in [6, 6.07) is -3.58. The first-order chi connectivity index (χ1) is 50.1. The van der Waals surface area contributed by atoms with E-state index in [1.807, 2.05) is 0 Å². The smallest absolute Gasteiger partial charge is 0.217 e. The molecular formula is C58H98N2O46. The number of carbonyl (C=O) groups excluding carboxylic acids is 2. The Morgan fingerprint density at radius 1 is 0.245 bits per heavy atom. The summed E-state index contributed by atoms with van der Waals surface area (Å²) in [5.41, 5.74) is 0. The molecule has 0 saturated carbocycles. The van der Waals surface area contributed by atoms with Crippen LogP contribution in [0.1, 0.15) is 13.8 Å². The van der Waals surface area contributed by atoms with Crippen LogP contribution in [0.3, 0.4) is 0 Å². The van der Waals surface area contributed by atoms with Gasteiger partial charge in [-0.3, -0.25) is 9.59 Å². The summed E-state index contributed by atoms with van der Waals surface area (Å²) in [6.07, 6.45) is -90.3. The first-order valence-corrected chi connectivity index (χ1v) is 33.7. The van der Waals surface area contributed by atoms with Crippen molar-refractivity contribution in [2.45, 2.75) is 290 Å². The predicted octanol–water partition coefficient (Wildman–Crippen LogP) is -20.3. The van der Waals surface area contributed by atoms with Gasteiger partial charge in [0.25, 0.3) is 0 Å². The van der Waals surface area contributed by atoms with Gasteiger partial charge in [0.1, 0.15) is 220 Å². The Morgan fingerprint density at radius 3 is 0.925 bits per heavy atom. The molecule has 9 aliphatic rings. The summed E-state index contributed by atoms with van der Waals surface area (Å²) in [5.74, 6) is -1.74. The third kappa shape index (κ3) is 18.8. The van der Waals surface area contributed by atoms with Gasteiger partial charge in [-0.25, -0.2) is 0 Å². The van der Waals surface area contributed by atoms with Crippen molar-refractivity contribution in [2.75, 3.05) is 59.5 Å². The fourth-order valence-electron chi connectivity index (χ4n) is 13.4. The van der Waals surface area contributed by atoms with E-state index in [0.29, 0.717) is 0 Å². The molecule has 9 fully saturated rings. The molecule has 45 atom stereocenters. The van der Waals surface area contributed by atoms with Crippen LogP contribution in [-0.2, 0) is 90.1 Å². The van der Waals surface area contributed by atoms with Crippen molar-refractivity contribution < 1.29 is 228 Å². The molecule has 48 nitrogen and oxygen atoms in total. The van der Waals surface area contributed by atoms with E-state index in [2.05, 4.69) is 10.6 Å². The van der Waals surface area contributed by atoms with E-state index in [0.717, 1.165) is 13.8 Å². The fraction of sp³-hybridized carbons (Fsp3) is 0.966. The van der Waals surface area contributed by atoms with Gasteiger partial charge in [-0.05, 0) is 0 Å². The highest BCUT2D eigenvalue weighted by Gasteiger charge is 2.60. The molecule has 48 heteroatoms. The molecule has 0 bridgehead atoms. The normalized spacial score (nSPS) is 51.2. The number of carbonyl (C=O) groups is 2. The van der Waals surface area contributed by atoms with E-state index >= 15 is 0 Å². The van der Waals surface area contributed by atoms with Crippen LogP contribution in [0.2, 0.25) is 0 Å². The largest absolute Gasteiger partial charge is 0.394 e. The van der Waals surface area contributed by atoms with Crippen LogP contribution in [0, 0.1) is 0 Å². The molecule has 9 aliphatic heterocycles. The van der Waals surface area contributed by atoms with Crippen molar-refractivity contribution in [1.82, 2.24) is 10.6 Å². The molecule has 2 amide bonds. The van der Waals surface area contributed by atoms with Gasteiger partial charge in [0.15, 0.2) is 56.6 Å². The average Bonchev–Trinajstić information content (AvgIpc) is 0.774. The van der Waals surface area contributed by atoms with Crippen LogP contribution in [0.4, 0.5) is 0 Å². The molecule has 106 heavy (non-hydrogen) atoms. The lowest BCUT2D eigenvalue weighted by atomic mass is 9.94. The van der Waals surface area contributed by atoms with Gasteiger partial charge in [-0.15, -0.1) is 0 Å². The Balaban J connectivity index is 1.07. The van der Waals surface area contributed by atoms with E-state index in [1.54, 1.807) is 0 Å². The number of aliphatic hydroxyl groups excluding tert-OH is 27. The van der Waals surface area contributed by atoms with Gasteiger partial charge in [0.05, 0.1) is 59.5 Å². The lowest BCUT2D eigenvalue weighted by molar-refractivity contribution is -0.401. The second-order valence-electron chi connectivity index (χ2n) is 26.8. The lowest BCUT2D eigenvalue weighted by Gasteiger charge is -2.51. The second-order valence-corrected chi connectivity index (χ2v) is 26.8. The number of hydrogen-bond donors (Lipinski definition) is 29. The van der Waals surface area contributed by atoms with Crippen molar-refractivity contribution in [2.24, 2.45) is 0 Å². The Labute approximate surface area is 598 Å². The highest BCUT2D eigenvalue weighted by atomic mass is 16.8. The maximum atomic E-state index is 13.0.